The summed E-state index contributed by atoms with van der Waals surface area (Å²) in [4.78, 5) is 0. The average molecular weight is 663 g/mol. The van der Waals surface area contributed by atoms with Crippen molar-refractivity contribution in [2.24, 2.45) is 0 Å². The molecular formula is C48H42N2O. The van der Waals surface area contributed by atoms with Gasteiger partial charge in [-0.1, -0.05) is 115 Å². The van der Waals surface area contributed by atoms with E-state index in [2.05, 4.69) is 156 Å². The highest BCUT2D eigenvalue weighted by Crippen LogP contribution is 2.51. The zero-order valence-corrected chi connectivity index (χ0v) is 28.9. The summed E-state index contributed by atoms with van der Waals surface area (Å²) >= 11 is 0. The second kappa shape index (κ2) is 12.7. The van der Waals surface area contributed by atoms with Crippen molar-refractivity contribution in [3.05, 3.63) is 185 Å². The van der Waals surface area contributed by atoms with Gasteiger partial charge in [-0.2, -0.15) is 0 Å². The maximum Gasteiger partial charge on any atom is 0.148 e. The van der Waals surface area contributed by atoms with Gasteiger partial charge in [-0.15, -0.1) is 0 Å². The number of benzene rings is 4. The van der Waals surface area contributed by atoms with Crippen molar-refractivity contribution >= 4 is 16.5 Å². The average Bonchev–Trinajstić information content (AvgIpc) is 3.75. The molecule has 4 aliphatic carbocycles. The minimum absolute atomic E-state index is 0.0208. The van der Waals surface area contributed by atoms with Gasteiger partial charge in [-0.05, 0) is 103 Å². The monoisotopic (exact) mass is 662 g/mol. The Hall–Kier alpha value is -5.54. The highest BCUT2D eigenvalue weighted by atomic mass is 16.5. The Morgan fingerprint density at radius 1 is 0.745 bits per heavy atom. The van der Waals surface area contributed by atoms with Crippen molar-refractivity contribution in [3.63, 3.8) is 0 Å². The first-order valence-corrected chi connectivity index (χ1v) is 18.8. The normalized spacial score (nSPS) is 21.6. The van der Waals surface area contributed by atoms with Crippen LogP contribution < -0.4 is 10.1 Å². The molecule has 3 nitrogen and oxygen atoms in total. The molecule has 51 heavy (non-hydrogen) atoms. The van der Waals surface area contributed by atoms with Gasteiger partial charge in [0.2, 0.25) is 0 Å². The van der Waals surface area contributed by atoms with Gasteiger partial charge in [0.25, 0.3) is 0 Å². The van der Waals surface area contributed by atoms with Gasteiger partial charge in [-0.3, -0.25) is 0 Å². The van der Waals surface area contributed by atoms with Gasteiger partial charge >= 0.3 is 0 Å². The lowest BCUT2D eigenvalue weighted by Gasteiger charge is -2.25. The molecule has 0 saturated heterocycles. The molecule has 10 rings (SSSR count). The second-order valence-electron chi connectivity index (χ2n) is 14.6. The first-order chi connectivity index (χ1) is 25.3. The molecule has 0 spiro atoms. The van der Waals surface area contributed by atoms with Crippen LogP contribution in [0.1, 0.15) is 71.9 Å². The molecule has 1 aromatic heterocycles. The lowest BCUT2D eigenvalue weighted by molar-refractivity contribution is 0.268. The molecule has 0 saturated carbocycles. The third-order valence-corrected chi connectivity index (χ3v) is 11.5. The second-order valence-corrected chi connectivity index (χ2v) is 14.6. The van der Waals surface area contributed by atoms with Crippen molar-refractivity contribution in [1.29, 1.82) is 0 Å². The fourth-order valence-electron chi connectivity index (χ4n) is 9.08. The van der Waals surface area contributed by atoms with Crippen LogP contribution >= 0.6 is 0 Å². The van der Waals surface area contributed by atoms with E-state index < -0.39 is 0 Å². The Labute approximate surface area is 300 Å². The maximum atomic E-state index is 6.92. The Kier molecular flexibility index (Phi) is 7.52. The zero-order valence-electron chi connectivity index (χ0n) is 28.9. The molecular weight excluding hydrogens is 621 g/mol. The van der Waals surface area contributed by atoms with E-state index in [0.29, 0.717) is 5.92 Å². The van der Waals surface area contributed by atoms with E-state index in [-0.39, 0.29) is 12.0 Å². The molecule has 5 aromatic rings. The minimum atomic E-state index is 0.0208. The number of allylic oxidation sites excluding steroid dienone is 9. The third-order valence-electron chi connectivity index (χ3n) is 11.5. The third kappa shape index (κ3) is 5.26. The molecule has 3 atom stereocenters. The molecule has 5 aliphatic rings. The molecule has 4 aromatic carbocycles. The van der Waals surface area contributed by atoms with E-state index in [0.717, 1.165) is 37.9 Å². The predicted molar refractivity (Wildman–Crippen MR) is 210 cm³/mol. The van der Waals surface area contributed by atoms with Crippen molar-refractivity contribution in [2.75, 3.05) is 0 Å². The van der Waals surface area contributed by atoms with E-state index in [9.17, 15) is 0 Å². The Morgan fingerprint density at radius 3 is 2.41 bits per heavy atom. The first kappa shape index (κ1) is 30.3. The fraction of sp³-hybridized carbons (Fsp3) is 0.208. The van der Waals surface area contributed by atoms with Crippen LogP contribution in [0.2, 0.25) is 0 Å². The quantitative estimate of drug-likeness (QED) is 0.196. The van der Waals surface area contributed by atoms with Crippen LogP contribution in [0.15, 0.2) is 157 Å². The summed E-state index contributed by atoms with van der Waals surface area (Å²) in [6, 6.07) is 33.6. The Morgan fingerprint density at radius 2 is 1.57 bits per heavy atom. The number of aryl methyl sites for hydroxylation is 1. The van der Waals surface area contributed by atoms with Crippen molar-refractivity contribution in [3.8, 4) is 22.6 Å². The summed E-state index contributed by atoms with van der Waals surface area (Å²) in [5.74, 6) is 1.53. The van der Waals surface area contributed by atoms with Crippen molar-refractivity contribution in [2.45, 2.75) is 62.9 Å². The fourth-order valence-corrected chi connectivity index (χ4v) is 9.08. The number of nitrogens with one attached hydrogen (secondary N) is 1. The highest BCUT2D eigenvalue weighted by Gasteiger charge is 2.37. The van der Waals surface area contributed by atoms with Gasteiger partial charge in [-0.25, -0.2) is 0 Å². The molecule has 0 bridgehead atoms. The van der Waals surface area contributed by atoms with Gasteiger partial charge in [0.1, 0.15) is 11.9 Å². The van der Waals surface area contributed by atoms with Gasteiger partial charge in [0.15, 0.2) is 0 Å². The van der Waals surface area contributed by atoms with Crippen LogP contribution in [0.25, 0.3) is 33.3 Å². The molecule has 1 N–H and O–H groups in total. The van der Waals surface area contributed by atoms with E-state index in [1.165, 1.54) is 85.5 Å². The molecule has 1 aliphatic heterocycles. The maximum absolute atomic E-state index is 6.92. The van der Waals surface area contributed by atoms with Crippen molar-refractivity contribution in [1.82, 2.24) is 9.88 Å². The molecule has 3 unspecified atom stereocenters. The number of fused-ring (bicyclic) bond motifs is 6. The van der Waals surface area contributed by atoms with Gasteiger partial charge in [0.05, 0.1) is 11.2 Å². The number of rotatable bonds is 6. The Bertz CT molecular complexity index is 2350. The minimum Gasteiger partial charge on any atom is -0.483 e. The number of hydrogen-bond donors (Lipinski definition) is 1. The molecule has 0 amide bonds. The van der Waals surface area contributed by atoms with E-state index in [1.54, 1.807) is 0 Å². The van der Waals surface area contributed by atoms with Crippen LogP contribution in [0.5, 0.6) is 5.75 Å². The topological polar surface area (TPSA) is 26.2 Å². The van der Waals surface area contributed by atoms with Gasteiger partial charge in [0, 0.05) is 45.4 Å². The number of aromatic nitrogens is 1. The standard InChI is InChI=1S/C48H42N2O/c1-4-14-32(15-5-1)37-26-24-35(31-42(37)49-36-18-8-3-9-19-36)34-25-28-44-41(30-34)39-20-10-12-22-43(39)50(44)45-29-27-38(33-16-6-2-7-17-33)47-40-21-11-13-23-46(40)51-48(45)47/h1-2,4-8,11,13-19,21,23-30,35,40,46,49H,3,9-10,12,20,22,31H2. The van der Waals surface area contributed by atoms with E-state index in [4.69, 9.17) is 4.74 Å². The summed E-state index contributed by atoms with van der Waals surface area (Å²) in [6.45, 7) is 0. The molecule has 2 heterocycles. The zero-order chi connectivity index (χ0) is 33.7. The number of ether oxygens (including phenoxy) is 1. The van der Waals surface area contributed by atoms with Crippen LogP contribution in [0.3, 0.4) is 0 Å². The number of hydrogen-bond acceptors (Lipinski definition) is 2. The van der Waals surface area contributed by atoms with Crippen LogP contribution in [0.4, 0.5) is 0 Å². The molecule has 3 heteroatoms. The van der Waals surface area contributed by atoms with Crippen LogP contribution in [-0.4, -0.2) is 10.7 Å². The summed E-state index contributed by atoms with van der Waals surface area (Å²) in [7, 11) is 0. The summed E-state index contributed by atoms with van der Waals surface area (Å²) < 4.78 is 9.48. The van der Waals surface area contributed by atoms with Crippen LogP contribution in [0, 0.1) is 0 Å². The SMILES string of the molecule is C1=CC2Oc3c(-n4c5c(c6cc(C7C=CC(c8ccccc8)=C(NC8=CCCC=C8)C7)ccc64)CCCC5)ccc(-c4ccccc4)c3C2C=C1. The largest absolute Gasteiger partial charge is 0.483 e. The molecule has 250 valence electrons. The lowest BCUT2D eigenvalue weighted by Crippen LogP contribution is -2.18. The van der Waals surface area contributed by atoms with Gasteiger partial charge < -0.3 is 14.6 Å². The van der Waals surface area contributed by atoms with Crippen molar-refractivity contribution < 1.29 is 4.74 Å². The summed E-state index contributed by atoms with van der Waals surface area (Å²) in [5, 5.41) is 5.26. The first-order valence-electron chi connectivity index (χ1n) is 18.8. The van der Waals surface area contributed by atoms with E-state index >= 15 is 0 Å². The molecule has 0 radical (unpaired) electrons. The Balaban J connectivity index is 1.08. The lowest BCUT2D eigenvalue weighted by atomic mass is 9.85. The molecule has 0 fully saturated rings. The van der Waals surface area contributed by atoms with E-state index in [1.807, 2.05) is 0 Å². The smallest absolute Gasteiger partial charge is 0.148 e. The number of nitrogens with zero attached hydrogens (tertiary/aromatic N) is 1. The summed E-state index contributed by atoms with van der Waals surface area (Å²) in [6.07, 6.45) is 28.3. The highest BCUT2D eigenvalue weighted by molar-refractivity contribution is 5.90. The van der Waals surface area contributed by atoms with Crippen LogP contribution in [-0.2, 0) is 12.8 Å². The summed E-state index contributed by atoms with van der Waals surface area (Å²) in [5.41, 5.74) is 15.7. The predicted octanol–water partition coefficient (Wildman–Crippen LogP) is 11.4.